The molecule has 0 aromatic heterocycles. The van der Waals surface area contributed by atoms with Gasteiger partial charge >= 0.3 is 0 Å². The Morgan fingerprint density at radius 2 is 1.80 bits per heavy atom. The monoisotopic (exact) mass is 410 g/mol. The Balaban J connectivity index is 1.26. The molecule has 0 aliphatic carbocycles. The second-order valence-corrected chi connectivity index (χ2v) is 7.91. The van der Waals surface area contributed by atoms with Gasteiger partial charge in [0.2, 0.25) is 6.10 Å². The molecule has 2 amide bonds. The van der Waals surface area contributed by atoms with Gasteiger partial charge in [-0.2, -0.15) is 0 Å². The SMILES string of the molecule is Cc1cccc(NC(=O)C[NH+]2CCN(C(=O)[C@@H]3COc4ccccc4O3)CC2)c1C. The van der Waals surface area contributed by atoms with Crippen molar-refractivity contribution < 1.29 is 24.0 Å². The first-order valence-electron chi connectivity index (χ1n) is 10.4. The number of ether oxygens (including phenoxy) is 2. The van der Waals surface area contributed by atoms with Crippen LogP contribution in [0.25, 0.3) is 0 Å². The molecule has 0 spiro atoms. The lowest BCUT2D eigenvalue weighted by Crippen LogP contribution is -3.15. The molecular formula is C23H28N3O4+. The number of carbonyl (C=O) groups is 2. The maximum atomic E-state index is 12.8. The Bertz CT molecular complexity index is 938. The molecule has 2 aromatic carbocycles. The summed E-state index contributed by atoms with van der Waals surface area (Å²) in [6.45, 7) is 7.34. The van der Waals surface area contributed by atoms with E-state index >= 15 is 0 Å². The highest BCUT2D eigenvalue weighted by Gasteiger charge is 2.34. The van der Waals surface area contributed by atoms with E-state index in [0.717, 1.165) is 29.9 Å². The Hall–Kier alpha value is -3.06. The lowest BCUT2D eigenvalue weighted by atomic mass is 10.1. The molecule has 2 heterocycles. The molecule has 1 fully saturated rings. The van der Waals surface area contributed by atoms with Gasteiger partial charge in [-0.1, -0.05) is 24.3 Å². The van der Waals surface area contributed by atoms with Crippen LogP contribution in [0.15, 0.2) is 42.5 Å². The normalized spacial score (nSPS) is 18.7. The van der Waals surface area contributed by atoms with Gasteiger partial charge in [0.25, 0.3) is 11.8 Å². The predicted octanol–water partition coefficient (Wildman–Crippen LogP) is 0.809. The molecule has 2 aromatic rings. The average molecular weight is 410 g/mol. The fourth-order valence-electron chi connectivity index (χ4n) is 3.87. The fraction of sp³-hybridized carbons (Fsp3) is 0.391. The predicted molar refractivity (Wildman–Crippen MR) is 113 cm³/mol. The number of quaternary nitrogens is 1. The second-order valence-electron chi connectivity index (χ2n) is 7.91. The van der Waals surface area contributed by atoms with Gasteiger partial charge in [0.15, 0.2) is 18.0 Å². The van der Waals surface area contributed by atoms with Crippen molar-refractivity contribution >= 4 is 17.5 Å². The van der Waals surface area contributed by atoms with Crippen LogP contribution < -0.4 is 19.7 Å². The molecule has 7 nitrogen and oxygen atoms in total. The van der Waals surface area contributed by atoms with Crippen LogP contribution >= 0.6 is 0 Å². The van der Waals surface area contributed by atoms with Crippen LogP contribution in [-0.2, 0) is 9.59 Å². The minimum Gasteiger partial charge on any atom is -0.485 e. The third kappa shape index (κ3) is 4.41. The number of hydrogen-bond acceptors (Lipinski definition) is 4. The molecule has 4 rings (SSSR count). The summed E-state index contributed by atoms with van der Waals surface area (Å²) in [6, 6.07) is 13.3. The van der Waals surface area contributed by atoms with Crippen molar-refractivity contribution in [2.24, 2.45) is 0 Å². The van der Waals surface area contributed by atoms with E-state index in [0.29, 0.717) is 31.1 Å². The number of carbonyl (C=O) groups excluding carboxylic acids is 2. The number of fused-ring (bicyclic) bond motifs is 1. The molecule has 0 saturated carbocycles. The zero-order chi connectivity index (χ0) is 21.1. The van der Waals surface area contributed by atoms with E-state index in [9.17, 15) is 9.59 Å². The van der Waals surface area contributed by atoms with Gasteiger partial charge in [0, 0.05) is 5.69 Å². The molecule has 2 aliphatic rings. The standard InChI is InChI=1S/C23H27N3O4/c1-16-6-5-7-18(17(16)2)24-22(27)14-25-10-12-26(13-11-25)23(28)21-15-29-19-8-3-4-9-20(19)30-21/h3-9,21H,10-15H2,1-2H3,(H,24,27)/p+1/t21-/m0/s1. The lowest BCUT2D eigenvalue weighted by Gasteiger charge is -2.35. The molecule has 2 aliphatic heterocycles. The molecule has 1 atom stereocenters. The van der Waals surface area contributed by atoms with Crippen LogP contribution in [0.3, 0.4) is 0 Å². The Morgan fingerprint density at radius 3 is 2.57 bits per heavy atom. The van der Waals surface area contributed by atoms with Gasteiger partial charge in [-0.15, -0.1) is 0 Å². The average Bonchev–Trinajstić information content (AvgIpc) is 2.76. The van der Waals surface area contributed by atoms with Crippen molar-refractivity contribution in [3.63, 3.8) is 0 Å². The highest BCUT2D eigenvalue weighted by atomic mass is 16.6. The van der Waals surface area contributed by atoms with Crippen LogP contribution in [0.1, 0.15) is 11.1 Å². The summed E-state index contributed by atoms with van der Waals surface area (Å²) >= 11 is 0. The van der Waals surface area contributed by atoms with Crippen LogP contribution in [0.5, 0.6) is 11.5 Å². The molecule has 2 N–H and O–H groups in total. The first-order valence-corrected chi connectivity index (χ1v) is 10.4. The van der Waals surface area contributed by atoms with Gasteiger partial charge in [0.05, 0.1) is 26.2 Å². The first kappa shape index (κ1) is 20.2. The van der Waals surface area contributed by atoms with E-state index in [1.54, 1.807) is 0 Å². The molecule has 0 unspecified atom stereocenters. The maximum absolute atomic E-state index is 12.8. The number of hydrogen-bond donors (Lipinski definition) is 2. The minimum absolute atomic E-state index is 0.000836. The van der Waals surface area contributed by atoms with Crippen LogP contribution in [0.2, 0.25) is 0 Å². The summed E-state index contributed by atoms with van der Waals surface area (Å²) in [4.78, 5) is 28.3. The number of benzene rings is 2. The zero-order valence-corrected chi connectivity index (χ0v) is 17.4. The van der Waals surface area contributed by atoms with E-state index in [-0.39, 0.29) is 18.4 Å². The number of anilines is 1. The minimum atomic E-state index is -0.617. The maximum Gasteiger partial charge on any atom is 0.279 e. The first-order chi connectivity index (χ1) is 14.5. The van der Waals surface area contributed by atoms with E-state index < -0.39 is 6.10 Å². The largest absolute Gasteiger partial charge is 0.485 e. The zero-order valence-electron chi connectivity index (χ0n) is 17.4. The van der Waals surface area contributed by atoms with E-state index in [4.69, 9.17) is 9.47 Å². The van der Waals surface area contributed by atoms with Crippen LogP contribution in [-0.4, -0.2) is 62.1 Å². The van der Waals surface area contributed by atoms with E-state index in [1.165, 1.54) is 4.90 Å². The summed E-state index contributed by atoms with van der Waals surface area (Å²) in [5, 5.41) is 3.02. The van der Waals surface area contributed by atoms with Gasteiger partial charge in [-0.05, 0) is 43.2 Å². The summed E-state index contributed by atoms with van der Waals surface area (Å²) in [5.74, 6) is 1.22. The van der Waals surface area contributed by atoms with E-state index in [2.05, 4.69) is 5.32 Å². The number of nitrogens with zero attached hydrogens (tertiary/aromatic N) is 1. The summed E-state index contributed by atoms with van der Waals surface area (Å²) in [7, 11) is 0. The summed E-state index contributed by atoms with van der Waals surface area (Å²) in [6.07, 6.45) is -0.617. The quantitative estimate of drug-likeness (QED) is 0.783. The molecule has 30 heavy (non-hydrogen) atoms. The van der Waals surface area contributed by atoms with Crippen molar-refractivity contribution in [3.05, 3.63) is 53.6 Å². The highest BCUT2D eigenvalue weighted by molar-refractivity contribution is 5.92. The fourth-order valence-corrected chi connectivity index (χ4v) is 3.87. The van der Waals surface area contributed by atoms with Gasteiger partial charge in [0.1, 0.15) is 6.61 Å². The van der Waals surface area contributed by atoms with Crippen LogP contribution in [0, 0.1) is 13.8 Å². The Morgan fingerprint density at radius 1 is 1.07 bits per heavy atom. The third-order valence-electron chi connectivity index (χ3n) is 5.86. The Kier molecular flexibility index (Phi) is 5.90. The number of piperazine rings is 1. The number of para-hydroxylation sites is 2. The second kappa shape index (κ2) is 8.75. The highest BCUT2D eigenvalue weighted by Crippen LogP contribution is 2.31. The van der Waals surface area contributed by atoms with Crippen LogP contribution in [0.4, 0.5) is 5.69 Å². The molecule has 1 saturated heterocycles. The number of amides is 2. The van der Waals surface area contributed by atoms with Gasteiger partial charge < -0.3 is 24.6 Å². The third-order valence-corrected chi connectivity index (χ3v) is 5.86. The van der Waals surface area contributed by atoms with Crippen molar-refractivity contribution in [1.82, 2.24) is 4.90 Å². The molecular weight excluding hydrogens is 382 g/mol. The number of rotatable bonds is 4. The Labute approximate surface area is 176 Å². The molecule has 158 valence electrons. The summed E-state index contributed by atoms with van der Waals surface area (Å²) in [5.41, 5.74) is 3.11. The topological polar surface area (TPSA) is 72.3 Å². The van der Waals surface area contributed by atoms with Crippen molar-refractivity contribution in [2.75, 3.05) is 44.6 Å². The van der Waals surface area contributed by atoms with Crippen molar-refractivity contribution in [2.45, 2.75) is 20.0 Å². The van der Waals surface area contributed by atoms with Gasteiger partial charge in [-0.25, -0.2) is 0 Å². The van der Waals surface area contributed by atoms with E-state index in [1.807, 2.05) is 61.2 Å². The molecule has 7 heteroatoms. The van der Waals surface area contributed by atoms with Crippen molar-refractivity contribution in [1.29, 1.82) is 0 Å². The van der Waals surface area contributed by atoms with Crippen molar-refractivity contribution in [3.8, 4) is 11.5 Å². The number of aryl methyl sites for hydroxylation is 1. The smallest absolute Gasteiger partial charge is 0.279 e. The van der Waals surface area contributed by atoms with Gasteiger partial charge in [-0.3, -0.25) is 9.59 Å². The number of nitrogens with one attached hydrogen (secondary N) is 2. The lowest BCUT2D eigenvalue weighted by molar-refractivity contribution is -0.895. The molecule has 0 radical (unpaired) electrons. The summed E-state index contributed by atoms with van der Waals surface area (Å²) < 4.78 is 11.5. The molecule has 0 bridgehead atoms.